The van der Waals surface area contributed by atoms with Crippen LogP contribution in [0.4, 0.5) is 17.2 Å². The Kier molecular flexibility index (Phi) is 12.9. The Labute approximate surface area is 367 Å². The van der Waals surface area contributed by atoms with E-state index in [1.807, 2.05) is 53.7 Å². The van der Waals surface area contributed by atoms with Crippen molar-refractivity contribution >= 4 is 52.0 Å². The van der Waals surface area contributed by atoms with E-state index in [0.717, 1.165) is 99.6 Å². The first-order valence-corrected chi connectivity index (χ1v) is 22.2. The maximum absolute atomic E-state index is 13.0. The first kappa shape index (κ1) is 41.9. The number of fused-ring (bicyclic) bond motifs is 1. The predicted molar refractivity (Wildman–Crippen MR) is 239 cm³/mol. The van der Waals surface area contributed by atoms with Crippen molar-refractivity contribution in [3.8, 4) is 5.75 Å². The smallest absolute Gasteiger partial charge is 0.260 e. The van der Waals surface area contributed by atoms with Gasteiger partial charge in [0.15, 0.2) is 23.6 Å². The van der Waals surface area contributed by atoms with Crippen molar-refractivity contribution in [1.29, 1.82) is 0 Å². The molecule has 0 radical (unpaired) electrons. The molecule has 4 aliphatic rings. The summed E-state index contributed by atoms with van der Waals surface area (Å²) in [6.45, 7) is 9.04. The molecule has 328 valence electrons. The van der Waals surface area contributed by atoms with Gasteiger partial charge >= 0.3 is 0 Å². The molecule has 9 rings (SSSR count). The molecule has 4 fully saturated rings. The minimum absolute atomic E-state index is 0.0387. The lowest BCUT2D eigenvalue weighted by molar-refractivity contribution is -0.136. The number of carbonyl (C=O) groups is 4. The average molecular weight is 854 g/mol. The number of piperazine rings is 2. The molecule has 1 aliphatic carbocycles. The van der Waals surface area contributed by atoms with Gasteiger partial charge in [-0.3, -0.25) is 34.3 Å². The van der Waals surface area contributed by atoms with Crippen molar-refractivity contribution in [3.63, 3.8) is 0 Å². The molecular weight excluding hydrogens is 799 g/mol. The van der Waals surface area contributed by atoms with E-state index in [1.54, 1.807) is 18.5 Å². The predicted octanol–water partition coefficient (Wildman–Crippen LogP) is 3.89. The second-order valence-electron chi connectivity index (χ2n) is 17.0. The van der Waals surface area contributed by atoms with Gasteiger partial charge in [0.1, 0.15) is 12.1 Å². The molecule has 2 aromatic heterocycles. The highest BCUT2D eigenvalue weighted by atomic mass is 16.5. The van der Waals surface area contributed by atoms with E-state index in [2.05, 4.69) is 74.4 Å². The first-order chi connectivity index (χ1) is 30.8. The molecule has 1 atom stereocenters. The first-order valence-electron chi connectivity index (χ1n) is 22.2. The van der Waals surface area contributed by atoms with Crippen LogP contribution in [0, 0.1) is 0 Å². The van der Waals surface area contributed by atoms with E-state index in [0.29, 0.717) is 43.9 Å². The van der Waals surface area contributed by atoms with Crippen LogP contribution in [0.1, 0.15) is 55.2 Å². The molecule has 3 saturated heterocycles. The van der Waals surface area contributed by atoms with Crippen LogP contribution >= 0.6 is 0 Å². The van der Waals surface area contributed by atoms with Crippen LogP contribution in [0.2, 0.25) is 0 Å². The van der Waals surface area contributed by atoms with Gasteiger partial charge in [-0.05, 0) is 86.3 Å². The summed E-state index contributed by atoms with van der Waals surface area (Å²) in [4.78, 5) is 72.4. The normalized spacial score (nSPS) is 20.9. The Bertz CT molecular complexity index is 2390. The van der Waals surface area contributed by atoms with Crippen LogP contribution < -0.4 is 25.6 Å². The number of hydrogen-bond acceptors (Lipinski definition) is 12. The molecule has 0 spiro atoms. The van der Waals surface area contributed by atoms with Crippen molar-refractivity contribution in [1.82, 2.24) is 44.9 Å². The molecule has 1 unspecified atom stereocenters. The number of benzene rings is 3. The van der Waals surface area contributed by atoms with E-state index >= 15 is 0 Å². The fourth-order valence-electron chi connectivity index (χ4n) is 9.13. The van der Waals surface area contributed by atoms with Crippen molar-refractivity contribution in [2.24, 2.45) is 0 Å². The Morgan fingerprint density at radius 3 is 2.30 bits per heavy atom. The number of hydrogen-bond donors (Lipinski definition) is 3. The minimum atomic E-state index is -0.390. The number of aromatic nitrogens is 4. The van der Waals surface area contributed by atoms with Crippen LogP contribution in [0.3, 0.4) is 0 Å². The van der Waals surface area contributed by atoms with Gasteiger partial charge in [0, 0.05) is 82.2 Å². The summed E-state index contributed by atoms with van der Waals surface area (Å²) < 4.78 is 7.95. The standard InChI is InChI=1S/C47H55N11O5/c59-41-15-14-40(47(62)53-41)34-8-4-9-39(27-34)63-30-43(61)57-24-20-55(21-25-57)17-5-16-54-18-22-56(23-19-54)37-12-10-35(11-13-37)52-45-44-46(49-31-48-45)58(32-50-44)38-28-36(29-38)51-42(60)26-33-6-2-1-3-7-33/h1-4,6-13,27,31-32,36,38,40H,5,14-26,28-30H2,(H,51,60)(H,48,49,52)(H,53,59,62). The summed E-state index contributed by atoms with van der Waals surface area (Å²) in [5.74, 6) is 0.305. The van der Waals surface area contributed by atoms with Gasteiger partial charge in [0.2, 0.25) is 17.7 Å². The number of ether oxygens (including phenoxy) is 1. The maximum Gasteiger partial charge on any atom is 0.260 e. The number of rotatable bonds is 15. The summed E-state index contributed by atoms with van der Waals surface area (Å²) in [5, 5.41) is 9.03. The number of imide groups is 1. The molecule has 16 nitrogen and oxygen atoms in total. The van der Waals surface area contributed by atoms with E-state index < -0.39 is 5.92 Å². The number of piperidine rings is 1. The van der Waals surface area contributed by atoms with Crippen molar-refractivity contribution in [3.05, 3.63) is 103 Å². The Morgan fingerprint density at radius 2 is 1.56 bits per heavy atom. The maximum atomic E-state index is 13.0. The fourth-order valence-corrected chi connectivity index (χ4v) is 9.13. The van der Waals surface area contributed by atoms with Crippen LogP contribution in [0.15, 0.2) is 91.5 Å². The van der Waals surface area contributed by atoms with Crippen LogP contribution in [0.5, 0.6) is 5.75 Å². The third-order valence-corrected chi connectivity index (χ3v) is 12.8. The summed E-state index contributed by atoms with van der Waals surface area (Å²) in [5.41, 5.74) is 5.45. The average Bonchev–Trinajstić information content (AvgIpc) is 3.72. The van der Waals surface area contributed by atoms with Crippen molar-refractivity contribution in [2.75, 3.05) is 82.3 Å². The third kappa shape index (κ3) is 10.3. The SMILES string of the molecule is O=C1CCC(c2cccc(OCC(=O)N3CCN(CCCN4CCN(c5ccc(Nc6ncnc7c6ncn7C6CC(NC(=O)Cc7ccccc7)C6)cc5)CC4)CC3)c2)C(=O)N1. The van der Waals surface area contributed by atoms with Crippen molar-refractivity contribution in [2.45, 2.75) is 56.5 Å². The summed E-state index contributed by atoms with van der Waals surface area (Å²) >= 11 is 0. The van der Waals surface area contributed by atoms with E-state index in [-0.39, 0.29) is 42.3 Å². The summed E-state index contributed by atoms with van der Waals surface area (Å²) in [6, 6.07) is 25.9. The van der Waals surface area contributed by atoms with Gasteiger partial charge in [-0.15, -0.1) is 0 Å². The lowest BCUT2D eigenvalue weighted by atomic mass is 9.86. The second-order valence-corrected chi connectivity index (χ2v) is 17.0. The van der Waals surface area contributed by atoms with Gasteiger partial charge in [0.05, 0.1) is 18.7 Å². The number of carbonyl (C=O) groups excluding carboxylic acids is 4. The quantitative estimate of drug-likeness (QED) is 0.130. The second kappa shape index (κ2) is 19.3. The number of nitrogens with zero attached hydrogens (tertiary/aromatic N) is 8. The van der Waals surface area contributed by atoms with E-state index in [1.165, 1.54) is 5.69 Å². The van der Waals surface area contributed by atoms with Gasteiger partial charge < -0.3 is 29.7 Å². The summed E-state index contributed by atoms with van der Waals surface area (Å²) in [6.07, 6.45) is 7.35. The Balaban J connectivity index is 0.662. The number of nitrogens with one attached hydrogen (secondary N) is 3. The third-order valence-electron chi connectivity index (χ3n) is 12.8. The zero-order valence-corrected chi connectivity index (χ0v) is 35.5. The van der Waals surface area contributed by atoms with Crippen LogP contribution in [0.25, 0.3) is 11.2 Å². The Morgan fingerprint density at radius 1 is 0.810 bits per heavy atom. The van der Waals surface area contributed by atoms with Gasteiger partial charge in [-0.1, -0.05) is 42.5 Å². The van der Waals surface area contributed by atoms with Crippen LogP contribution in [-0.2, 0) is 25.6 Å². The van der Waals surface area contributed by atoms with E-state index in [9.17, 15) is 19.2 Å². The molecule has 3 N–H and O–H groups in total. The number of imidazole rings is 1. The zero-order valence-electron chi connectivity index (χ0n) is 35.5. The van der Waals surface area contributed by atoms with E-state index in [4.69, 9.17) is 4.74 Å². The minimum Gasteiger partial charge on any atom is -0.484 e. The number of amides is 4. The molecule has 4 amide bonds. The Hall–Kier alpha value is -6.39. The molecule has 63 heavy (non-hydrogen) atoms. The zero-order chi connectivity index (χ0) is 43.1. The molecule has 16 heteroatoms. The summed E-state index contributed by atoms with van der Waals surface area (Å²) in [7, 11) is 0. The lowest BCUT2D eigenvalue weighted by Crippen LogP contribution is -2.50. The largest absolute Gasteiger partial charge is 0.484 e. The molecule has 3 aliphatic heterocycles. The molecule has 0 bridgehead atoms. The highest BCUT2D eigenvalue weighted by molar-refractivity contribution is 6.01. The molecule has 5 heterocycles. The molecule has 5 aromatic rings. The lowest BCUT2D eigenvalue weighted by Gasteiger charge is -2.37. The molecule has 3 aromatic carbocycles. The highest BCUT2D eigenvalue weighted by Gasteiger charge is 2.33. The fraction of sp³-hybridized carbons (Fsp3) is 0.426. The van der Waals surface area contributed by atoms with Gasteiger partial charge in [-0.2, -0.15) is 0 Å². The van der Waals surface area contributed by atoms with Gasteiger partial charge in [0.25, 0.3) is 5.91 Å². The topological polar surface area (TPSA) is 170 Å². The van der Waals surface area contributed by atoms with Crippen molar-refractivity contribution < 1.29 is 23.9 Å². The highest BCUT2D eigenvalue weighted by Crippen LogP contribution is 2.35. The molecular formula is C47H55N11O5. The van der Waals surface area contributed by atoms with Gasteiger partial charge in [-0.25, -0.2) is 15.0 Å². The number of anilines is 3. The monoisotopic (exact) mass is 853 g/mol. The molecule has 1 saturated carbocycles. The van der Waals surface area contributed by atoms with Crippen LogP contribution in [-0.4, -0.2) is 136 Å².